The van der Waals surface area contributed by atoms with E-state index in [1.165, 1.54) is 0 Å². The van der Waals surface area contributed by atoms with Gasteiger partial charge < -0.3 is 18.6 Å². The summed E-state index contributed by atoms with van der Waals surface area (Å²) in [5.74, 6) is 1.36. The van der Waals surface area contributed by atoms with Crippen molar-refractivity contribution in [2.75, 3.05) is 13.4 Å². The topological polar surface area (TPSA) is 70.8 Å². The number of carbonyl (C=O) groups excluding carboxylic acids is 1. The first-order valence-electron chi connectivity index (χ1n) is 6.79. The van der Waals surface area contributed by atoms with Gasteiger partial charge in [0.1, 0.15) is 0 Å². The molecule has 0 fully saturated rings. The van der Waals surface area contributed by atoms with Crippen molar-refractivity contribution >= 4 is 5.97 Å². The summed E-state index contributed by atoms with van der Waals surface area (Å²) in [4.78, 5) is 16.2. The molecule has 1 aliphatic heterocycles. The Hall–Kier alpha value is -2.50. The second-order valence-electron chi connectivity index (χ2n) is 4.44. The quantitative estimate of drug-likeness (QED) is 0.806. The summed E-state index contributed by atoms with van der Waals surface area (Å²) >= 11 is 0. The van der Waals surface area contributed by atoms with Gasteiger partial charge in [-0.15, -0.1) is 0 Å². The minimum atomic E-state index is -0.492. The minimum Gasteiger partial charge on any atom is -0.460 e. The van der Waals surface area contributed by atoms with E-state index in [2.05, 4.69) is 4.98 Å². The Bertz CT molecular complexity index is 677. The Morgan fingerprint density at radius 3 is 2.86 bits per heavy atom. The van der Waals surface area contributed by atoms with E-state index < -0.39 is 5.97 Å². The average molecular weight is 289 g/mol. The van der Waals surface area contributed by atoms with Crippen LogP contribution in [0.15, 0.2) is 22.6 Å². The number of carbonyl (C=O) groups is 1. The number of benzene rings is 1. The van der Waals surface area contributed by atoms with Crippen LogP contribution in [0.3, 0.4) is 0 Å². The molecule has 21 heavy (non-hydrogen) atoms. The minimum absolute atomic E-state index is 0.159. The maximum Gasteiger partial charge on any atom is 0.376 e. The van der Waals surface area contributed by atoms with Crippen molar-refractivity contribution in [3.8, 4) is 23.0 Å². The molecule has 0 saturated carbocycles. The molecule has 0 amide bonds. The van der Waals surface area contributed by atoms with E-state index in [9.17, 15) is 4.79 Å². The van der Waals surface area contributed by atoms with E-state index in [1.54, 1.807) is 19.1 Å². The van der Waals surface area contributed by atoms with Crippen molar-refractivity contribution in [1.29, 1.82) is 0 Å². The number of rotatable bonds is 4. The molecule has 110 valence electrons. The number of oxazole rings is 1. The van der Waals surface area contributed by atoms with Gasteiger partial charge in [-0.05, 0) is 31.5 Å². The number of aryl methyl sites for hydroxylation is 1. The number of hydrogen-bond acceptors (Lipinski definition) is 6. The molecule has 0 radical (unpaired) electrons. The summed E-state index contributed by atoms with van der Waals surface area (Å²) in [6.45, 7) is 4.16. The lowest BCUT2D eigenvalue weighted by Gasteiger charge is -1.99. The summed E-state index contributed by atoms with van der Waals surface area (Å²) in [7, 11) is 0. The third kappa shape index (κ3) is 2.44. The van der Waals surface area contributed by atoms with Crippen LogP contribution in [0.1, 0.15) is 30.1 Å². The monoisotopic (exact) mass is 289 g/mol. The Kier molecular flexibility index (Phi) is 3.51. The Labute approximate surface area is 121 Å². The van der Waals surface area contributed by atoms with Gasteiger partial charge in [0.05, 0.1) is 12.3 Å². The van der Waals surface area contributed by atoms with Gasteiger partial charge >= 0.3 is 5.97 Å². The van der Waals surface area contributed by atoms with Crippen molar-refractivity contribution in [3.63, 3.8) is 0 Å². The SMILES string of the molecule is CCOC(=O)c1oc(-c2ccc3c(c2)OCO3)nc1CC. The summed E-state index contributed by atoms with van der Waals surface area (Å²) in [6, 6.07) is 5.38. The zero-order chi connectivity index (χ0) is 14.8. The summed E-state index contributed by atoms with van der Waals surface area (Å²) in [6.07, 6.45) is 0.586. The smallest absolute Gasteiger partial charge is 0.376 e. The molecule has 0 unspecified atom stereocenters. The highest BCUT2D eigenvalue weighted by Crippen LogP contribution is 2.36. The third-order valence-electron chi connectivity index (χ3n) is 3.11. The van der Waals surface area contributed by atoms with Crippen LogP contribution in [0, 0.1) is 0 Å². The molecule has 2 aromatic rings. The van der Waals surface area contributed by atoms with Crippen molar-refractivity contribution < 1.29 is 23.4 Å². The van der Waals surface area contributed by atoms with Crippen LogP contribution in [0.5, 0.6) is 11.5 Å². The van der Waals surface area contributed by atoms with E-state index in [0.717, 1.165) is 5.56 Å². The Balaban J connectivity index is 1.97. The summed E-state index contributed by atoms with van der Waals surface area (Å²) in [5, 5.41) is 0. The molecule has 2 heterocycles. The van der Waals surface area contributed by atoms with Gasteiger partial charge in [-0.2, -0.15) is 0 Å². The van der Waals surface area contributed by atoms with Gasteiger partial charge in [0.15, 0.2) is 11.5 Å². The fraction of sp³-hybridized carbons (Fsp3) is 0.333. The second kappa shape index (κ2) is 5.47. The number of aromatic nitrogens is 1. The van der Waals surface area contributed by atoms with E-state index in [1.807, 2.05) is 13.0 Å². The van der Waals surface area contributed by atoms with E-state index in [0.29, 0.717) is 36.1 Å². The van der Waals surface area contributed by atoms with E-state index in [-0.39, 0.29) is 12.6 Å². The molecule has 0 bridgehead atoms. The predicted molar refractivity (Wildman–Crippen MR) is 73.4 cm³/mol. The first kappa shape index (κ1) is 13.5. The van der Waals surface area contributed by atoms with Gasteiger partial charge in [-0.25, -0.2) is 9.78 Å². The number of hydrogen-bond donors (Lipinski definition) is 0. The predicted octanol–water partition coefficient (Wildman–Crippen LogP) is 2.81. The van der Waals surface area contributed by atoms with E-state index in [4.69, 9.17) is 18.6 Å². The van der Waals surface area contributed by atoms with E-state index >= 15 is 0 Å². The van der Waals surface area contributed by atoms with Crippen LogP contribution >= 0.6 is 0 Å². The van der Waals surface area contributed by atoms with Crippen LogP contribution in [0.25, 0.3) is 11.5 Å². The van der Waals surface area contributed by atoms with Crippen LogP contribution in [-0.2, 0) is 11.2 Å². The molecule has 0 atom stereocenters. The van der Waals surface area contributed by atoms with Crippen LogP contribution in [-0.4, -0.2) is 24.4 Å². The van der Waals surface area contributed by atoms with Crippen LogP contribution in [0.2, 0.25) is 0 Å². The molecule has 1 aliphatic rings. The van der Waals surface area contributed by atoms with Gasteiger partial charge in [0, 0.05) is 5.56 Å². The number of fused-ring (bicyclic) bond motifs is 1. The molecule has 0 saturated heterocycles. The highest BCUT2D eigenvalue weighted by Gasteiger charge is 2.22. The molecule has 1 aromatic heterocycles. The molecule has 6 heteroatoms. The molecule has 0 spiro atoms. The van der Waals surface area contributed by atoms with Crippen LogP contribution in [0.4, 0.5) is 0 Å². The zero-order valence-corrected chi connectivity index (χ0v) is 11.8. The molecular formula is C15H15NO5. The molecule has 0 N–H and O–H groups in total. The zero-order valence-electron chi connectivity index (χ0n) is 11.8. The summed E-state index contributed by atoms with van der Waals surface area (Å²) in [5.41, 5.74) is 1.31. The average Bonchev–Trinajstić information content (AvgIpc) is 3.13. The maximum absolute atomic E-state index is 11.9. The van der Waals surface area contributed by atoms with Crippen LogP contribution < -0.4 is 9.47 Å². The molecular weight excluding hydrogens is 274 g/mol. The fourth-order valence-electron chi connectivity index (χ4n) is 2.10. The van der Waals surface area contributed by atoms with Crippen molar-refractivity contribution in [2.24, 2.45) is 0 Å². The summed E-state index contributed by atoms with van der Waals surface area (Å²) < 4.78 is 21.1. The lowest BCUT2D eigenvalue weighted by molar-refractivity contribution is 0.0489. The molecule has 1 aromatic carbocycles. The Morgan fingerprint density at radius 1 is 1.29 bits per heavy atom. The second-order valence-corrected chi connectivity index (χ2v) is 4.44. The lowest BCUT2D eigenvalue weighted by atomic mass is 10.2. The first-order chi connectivity index (χ1) is 10.2. The molecule has 6 nitrogen and oxygen atoms in total. The Morgan fingerprint density at radius 2 is 2.10 bits per heavy atom. The number of ether oxygens (including phenoxy) is 3. The van der Waals surface area contributed by atoms with Gasteiger partial charge in [0.25, 0.3) is 0 Å². The number of esters is 1. The molecule has 3 rings (SSSR count). The highest BCUT2D eigenvalue weighted by atomic mass is 16.7. The van der Waals surface area contributed by atoms with Gasteiger partial charge in [0.2, 0.25) is 18.4 Å². The standard InChI is InChI=1S/C15H15NO5/c1-3-10-13(15(17)18-4-2)21-14(16-10)9-5-6-11-12(7-9)20-8-19-11/h5-7H,3-4,8H2,1-2H3. The van der Waals surface area contributed by atoms with Gasteiger partial charge in [-0.3, -0.25) is 0 Å². The maximum atomic E-state index is 11.9. The number of nitrogens with zero attached hydrogens (tertiary/aromatic N) is 1. The fourth-order valence-corrected chi connectivity index (χ4v) is 2.10. The first-order valence-corrected chi connectivity index (χ1v) is 6.79. The third-order valence-corrected chi connectivity index (χ3v) is 3.11. The van der Waals surface area contributed by atoms with Crippen molar-refractivity contribution in [1.82, 2.24) is 4.98 Å². The highest BCUT2D eigenvalue weighted by molar-refractivity contribution is 5.88. The molecule has 0 aliphatic carbocycles. The lowest BCUT2D eigenvalue weighted by Crippen LogP contribution is -2.05. The largest absolute Gasteiger partial charge is 0.460 e. The van der Waals surface area contributed by atoms with Gasteiger partial charge in [-0.1, -0.05) is 6.92 Å². The van der Waals surface area contributed by atoms with Crippen molar-refractivity contribution in [2.45, 2.75) is 20.3 Å². The normalized spacial score (nSPS) is 12.5. The van der Waals surface area contributed by atoms with Crippen molar-refractivity contribution in [3.05, 3.63) is 29.7 Å².